The van der Waals surface area contributed by atoms with E-state index in [2.05, 4.69) is 16.9 Å². The summed E-state index contributed by atoms with van der Waals surface area (Å²) < 4.78 is 5.31. The van der Waals surface area contributed by atoms with Crippen LogP contribution in [0.2, 0.25) is 0 Å². The number of carboxylic acids is 1. The fourth-order valence-corrected chi connectivity index (χ4v) is 3.63. The number of H-pyrrole nitrogens is 1. The number of carbonyl (C=O) groups is 2. The Morgan fingerprint density at radius 3 is 2.71 bits per heavy atom. The van der Waals surface area contributed by atoms with Gasteiger partial charge >= 0.3 is 11.9 Å². The Morgan fingerprint density at radius 1 is 1.18 bits per heavy atom. The monoisotopic (exact) mass is 377 g/mol. The molecule has 0 unspecified atom stereocenters. The fraction of sp³-hybridized carbons (Fsp3) is 0.190. The molecule has 0 saturated carbocycles. The van der Waals surface area contributed by atoms with E-state index in [9.17, 15) is 9.59 Å². The molecule has 2 aromatic carbocycles. The number of nitrogens with one attached hydrogen (secondary N) is 1. The Morgan fingerprint density at radius 2 is 1.96 bits per heavy atom. The highest BCUT2D eigenvalue weighted by Crippen LogP contribution is 2.37. The van der Waals surface area contributed by atoms with Gasteiger partial charge in [-0.2, -0.15) is 0 Å². The topological polar surface area (TPSA) is 118 Å². The molecule has 4 aromatic rings. The molecule has 0 bridgehead atoms. The third-order valence-corrected chi connectivity index (χ3v) is 5.08. The van der Waals surface area contributed by atoms with Gasteiger partial charge in [0.1, 0.15) is 11.8 Å². The second-order valence-corrected chi connectivity index (χ2v) is 6.88. The predicted octanol–water partition coefficient (Wildman–Crippen LogP) is 3.19. The van der Waals surface area contributed by atoms with Crippen LogP contribution in [0.5, 0.6) is 5.75 Å². The van der Waals surface area contributed by atoms with Gasteiger partial charge in [0, 0.05) is 34.1 Å². The molecule has 0 amide bonds. The van der Waals surface area contributed by atoms with Crippen LogP contribution in [0.4, 0.5) is 0 Å². The van der Waals surface area contributed by atoms with Crippen molar-refractivity contribution in [2.24, 2.45) is 5.73 Å². The highest BCUT2D eigenvalue weighted by molar-refractivity contribution is 6.16. The summed E-state index contributed by atoms with van der Waals surface area (Å²) in [6, 6.07) is 6.02. The molecule has 28 heavy (non-hydrogen) atoms. The van der Waals surface area contributed by atoms with E-state index in [-0.39, 0.29) is 0 Å². The van der Waals surface area contributed by atoms with E-state index in [1.807, 2.05) is 25.3 Å². The van der Waals surface area contributed by atoms with Gasteiger partial charge in [0.05, 0.1) is 11.9 Å². The number of ether oxygens (including phenoxy) is 1. The molecule has 0 saturated heterocycles. The number of benzene rings is 2. The number of aliphatic carboxylic acids is 1. The minimum atomic E-state index is -1.28. The number of esters is 1. The average Bonchev–Trinajstić information content (AvgIpc) is 3.05. The van der Waals surface area contributed by atoms with Gasteiger partial charge in [-0.15, -0.1) is 0 Å². The number of hydrogen-bond acceptors (Lipinski definition) is 5. The lowest BCUT2D eigenvalue weighted by atomic mass is 9.97. The molecule has 4 N–H and O–H groups in total. The van der Waals surface area contributed by atoms with E-state index in [1.165, 1.54) is 0 Å². The van der Waals surface area contributed by atoms with E-state index in [0.717, 1.165) is 43.7 Å². The van der Waals surface area contributed by atoms with Gasteiger partial charge < -0.3 is 20.6 Å². The number of carbonyl (C=O) groups excluding carboxylic acids is 1. The summed E-state index contributed by atoms with van der Waals surface area (Å²) in [6.45, 7) is 4.11. The highest BCUT2D eigenvalue weighted by Gasteiger charge is 2.19. The smallest absolute Gasteiger partial charge is 0.321 e. The summed E-state index contributed by atoms with van der Waals surface area (Å²) in [5.41, 5.74) is 9.56. The van der Waals surface area contributed by atoms with Crippen LogP contribution < -0.4 is 10.5 Å². The van der Waals surface area contributed by atoms with Crippen LogP contribution in [0, 0.1) is 13.8 Å². The van der Waals surface area contributed by atoms with E-state index < -0.39 is 24.4 Å². The summed E-state index contributed by atoms with van der Waals surface area (Å²) in [5.74, 6) is -1.58. The molecule has 0 aliphatic carbocycles. The normalized spacial score (nSPS) is 12.5. The molecule has 2 heterocycles. The van der Waals surface area contributed by atoms with Crippen molar-refractivity contribution < 1.29 is 19.4 Å². The molecule has 142 valence electrons. The summed E-state index contributed by atoms with van der Waals surface area (Å²) in [5, 5.41) is 13.0. The first-order chi connectivity index (χ1) is 13.4. The first-order valence-electron chi connectivity index (χ1n) is 8.84. The standard InChI is InChI=1S/C21H19N3O4/c1-10-15-9-23-6-5-13(15)11(2)20-19(10)14-7-12(3-4-17(14)24-20)28-18(25)8-16(22)21(26)27/h3-7,9,16,24H,8,22H2,1-2H3,(H,26,27)/t16-/m1/s1. The van der Waals surface area contributed by atoms with Crippen LogP contribution in [0.3, 0.4) is 0 Å². The predicted molar refractivity (Wildman–Crippen MR) is 106 cm³/mol. The molecule has 2 aromatic heterocycles. The van der Waals surface area contributed by atoms with Crippen molar-refractivity contribution in [1.82, 2.24) is 9.97 Å². The number of fused-ring (bicyclic) bond motifs is 4. The number of rotatable bonds is 4. The molecular formula is C21H19N3O4. The third-order valence-electron chi connectivity index (χ3n) is 5.08. The quantitative estimate of drug-likeness (QED) is 0.371. The zero-order valence-electron chi connectivity index (χ0n) is 15.4. The van der Waals surface area contributed by atoms with Crippen LogP contribution >= 0.6 is 0 Å². The molecule has 0 fully saturated rings. The number of pyridine rings is 1. The van der Waals surface area contributed by atoms with Gasteiger partial charge in [0.2, 0.25) is 0 Å². The molecule has 0 radical (unpaired) electrons. The van der Waals surface area contributed by atoms with E-state index in [4.69, 9.17) is 15.6 Å². The summed E-state index contributed by atoms with van der Waals surface area (Å²) >= 11 is 0. The van der Waals surface area contributed by atoms with Gasteiger partial charge in [-0.05, 0) is 54.6 Å². The lowest BCUT2D eigenvalue weighted by Gasteiger charge is -2.09. The Labute approximate surface area is 160 Å². The van der Waals surface area contributed by atoms with Gasteiger partial charge in [-0.1, -0.05) is 0 Å². The van der Waals surface area contributed by atoms with Crippen LogP contribution in [0.1, 0.15) is 17.5 Å². The van der Waals surface area contributed by atoms with Crippen LogP contribution in [0.15, 0.2) is 36.7 Å². The zero-order chi connectivity index (χ0) is 20.0. The summed E-state index contributed by atoms with van der Waals surface area (Å²) in [6.07, 6.45) is 3.24. The van der Waals surface area contributed by atoms with Gasteiger partial charge in [0.15, 0.2) is 0 Å². The number of nitrogens with two attached hydrogens (primary N) is 1. The van der Waals surface area contributed by atoms with Crippen molar-refractivity contribution in [3.8, 4) is 5.75 Å². The maximum Gasteiger partial charge on any atom is 0.321 e. The van der Waals surface area contributed by atoms with Crippen molar-refractivity contribution >= 4 is 44.5 Å². The van der Waals surface area contributed by atoms with E-state index >= 15 is 0 Å². The number of carboxylic acid groups (broad SMARTS) is 1. The average molecular weight is 377 g/mol. The Kier molecular flexibility index (Phi) is 4.24. The summed E-state index contributed by atoms with van der Waals surface area (Å²) in [7, 11) is 0. The first kappa shape index (κ1) is 17.9. The van der Waals surface area contributed by atoms with Crippen LogP contribution in [-0.4, -0.2) is 33.1 Å². The zero-order valence-corrected chi connectivity index (χ0v) is 15.4. The lowest BCUT2D eigenvalue weighted by molar-refractivity contribution is -0.143. The van der Waals surface area contributed by atoms with E-state index in [1.54, 1.807) is 18.3 Å². The fourth-order valence-electron chi connectivity index (χ4n) is 3.63. The minimum absolute atomic E-state index is 0.347. The number of aryl methyl sites for hydroxylation is 2. The molecular weight excluding hydrogens is 358 g/mol. The number of nitrogens with zero attached hydrogens (tertiary/aromatic N) is 1. The molecule has 7 nitrogen and oxygen atoms in total. The number of aromatic nitrogens is 2. The first-order valence-corrected chi connectivity index (χ1v) is 8.84. The number of aromatic amines is 1. The highest BCUT2D eigenvalue weighted by atomic mass is 16.5. The maximum absolute atomic E-state index is 12.0. The van der Waals surface area contributed by atoms with Crippen molar-refractivity contribution in [2.45, 2.75) is 26.3 Å². The lowest BCUT2D eigenvalue weighted by Crippen LogP contribution is -2.33. The number of hydrogen-bond donors (Lipinski definition) is 3. The third kappa shape index (κ3) is 2.86. The van der Waals surface area contributed by atoms with Crippen molar-refractivity contribution in [3.05, 3.63) is 47.8 Å². The second-order valence-electron chi connectivity index (χ2n) is 6.88. The van der Waals surface area contributed by atoms with Crippen LogP contribution in [0.25, 0.3) is 32.6 Å². The van der Waals surface area contributed by atoms with Crippen LogP contribution in [-0.2, 0) is 9.59 Å². The molecule has 1 atom stereocenters. The molecule has 0 aliphatic rings. The SMILES string of the molecule is Cc1c2ccncc2c(C)c2c1[nH]c1ccc(OC(=O)C[C@@H](N)C(=O)O)cc12. The second kappa shape index (κ2) is 6.61. The van der Waals surface area contributed by atoms with Crippen molar-refractivity contribution in [2.75, 3.05) is 0 Å². The minimum Gasteiger partial charge on any atom is -0.480 e. The Balaban J connectivity index is 1.82. The molecule has 0 aliphatic heterocycles. The Hall–Kier alpha value is -3.45. The molecule has 7 heteroatoms. The largest absolute Gasteiger partial charge is 0.480 e. The molecule has 0 spiro atoms. The van der Waals surface area contributed by atoms with E-state index in [0.29, 0.717) is 5.75 Å². The van der Waals surface area contributed by atoms with Crippen molar-refractivity contribution in [3.63, 3.8) is 0 Å². The molecule has 4 rings (SSSR count). The van der Waals surface area contributed by atoms with Gasteiger partial charge in [0.25, 0.3) is 0 Å². The van der Waals surface area contributed by atoms with Crippen molar-refractivity contribution in [1.29, 1.82) is 0 Å². The van der Waals surface area contributed by atoms with Gasteiger partial charge in [-0.25, -0.2) is 0 Å². The Bertz CT molecular complexity index is 1260. The summed E-state index contributed by atoms with van der Waals surface area (Å²) in [4.78, 5) is 30.5. The van der Waals surface area contributed by atoms with Gasteiger partial charge in [-0.3, -0.25) is 14.6 Å². The maximum atomic E-state index is 12.0.